The lowest BCUT2D eigenvalue weighted by Crippen LogP contribution is -2.44. The van der Waals surface area contributed by atoms with Crippen LogP contribution in [0.4, 0.5) is 17.6 Å². The van der Waals surface area contributed by atoms with E-state index in [1.54, 1.807) is 6.07 Å². The van der Waals surface area contributed by atoms with Gasteiger partial charge in [0.15, 0.2) is 11.6 Å². The van der Waals surface area contributed by atoms with E-state index in [-0.39, 0.29) is 28.4 Å². The molecule has 0 bridgehead atoms. The number of hydrogen-bond donors (Lipinski definition) is 1. The number of alkyl halides is 2. The summed E-state index contributed by atoms with van der Waals surface area (Å²) in [6, 6.07) is 6.78. The van der Waals surface area contributed by atoms with Gasteiger partial charge in [0.05, 0.1) is 5.56 Å². The van der Waals surface area contributed by atoms with Gasteiger partial charge in [-0.2, -0.15) is 8.78 Å². The van der Waals surface area contributed by atoms with Crippen LogP contribution < -0.4 is 5.32 Å². The van der Waals surface area contributed by atoms with Gasteiger partial charge in [-0.25, -0.2) is 13.8 Å². The highest BCUT2D eigenvalue weighted by Crippen LogP contribution is 2.26. The van der Waals surface area contributed by atoms with Gasteiger partial charge in [-0.15, -0.1) is 0 Å². The van der Waals surface area contributed by atoms with Crippen LogP contribution in [-0.2, 0) is 6.54 Å². The Morgan fingerprint density at radius 3 is 2.64 bits per heavy atom. The van der Waals surface area contributed by atoms with Gasteiger partial charge in [-0.3, -0.25) is 9.69 Å². The first-order valence-electron chi connectivity index (χ1n) is 8.79. The number of aromatic nitrogens is 1. The van der Waals surface area contributed by atoms with E-state index >= 15 is 0 Å². The van der Waals surface area contributed by atoms with Crippen molar-refractivity contribution in [2.24, 2.45) is 0 Å². The summed E-state index contributed by atoms with van der Waals surface area (Å²) < 4.78 is 51.6. The van der Waals surface area contributed by atoms with Crippen molar-refractivity contribution in [3.8, 4) is 0 Å². The first kappa shape index (κ1) is 20.6. The average Bonchev–Trinajstić information content (AvgIpc) is 2.66. The summed E-state index contributed by atoms with van der Waals surface area (Å²) in [4.78, 5) is 18.4. The Bertz CT molecular complexity index is 829. The van der Waals surface area contributed by atoms with Crippen LogP contribution >= 0.6 is 11.8 Å². The number of thioether (sulfide) groups is 1. The number of carbonyl (C=O) groups excluding carboxylic acids is 1. The molecule has 1 aliphatic heterocycles. The molecule has 1 aromatic heterocycles. The van der Waals surface area contributed by atoms with E-state index in [0.717, 1.165) is 6.07 Å². The summed E-state index contributed by atoms with van der Waals surface area (Å²) in [5.74, 6) is -4.81. The Hall–Kier alpha value is -2.13. The molecule has 0 unspecified atom stereocenters. The zero-order valence-corrected chi connectivity index (χ0v) is 15.7. The average molecular weight is 413 g/mol. The van der Waals surface area contributed by atoms with Crippen LogP contribution in [0.5, 0.6) is 0 Å². The number of nitrogens with zero attached hydrogens (tertiary/aromatic N) is 2. The van der Waals surface area contributed by atoms with Crippen molar-refractivity contribution in [3.63, 3.8) is 0 Å². The summed E-state index contributed by atoms with van der Waals surface area (Å²) in [6.07, 6.45) is 2.72. The molecule has 1 amide bonds. The molecule has 0 radical (unpaired) electrons. The molecule has 1 aromatic carbocycles. The second-order valence-corrected chi connectivity index (χ2v) is 7.49. The summed E-state index contributed by atoms with van der Waals surface area (Å²) in [5, 5.41) is 2.88. The quantitative estimate of drug-likeness (QED) is 0.573. The molecule has 1 N–H and O–H groups in total. The Balaban J connectivity index is 1.53. The van der Waals surface area contributed by atoms with Crippen LogP contribution in [0.1, 0.15) is 28.8 Å². The van der Waals surface area contributed by atoms with Gasteiger partial charge in [0.2, 0.25) is 0 Å². The smallest absolute Gasteiger partial charge is 0.290 e. The van der Waals surface area contributed by atoms with Crippen LogP contribution in [0.3, 0.4) is 0 Å². The molecule has 2 aromatic rings. The molecule has 2 heterocycles. The van der Waals surface area contributed by atoms with Crippen molar-refractivity contribution in [1.82, 2.24) is 15.2 Å². The van der Waals surface area contributed by atoms with E-state index < -0.39 is 23.3 Å². The highest BCUT2D eigenvalue weighted by atomic mass is 32.2. The lowest BCUT2D eigenvalue weighted by Gasteiger charge is -2.32. The largest absolute Gasteiger partial charge is 0.349 e. The van der Waals surface area contributed by atoms with Crippen LogP contribution in [-0.4, -0.2) is 40.7 Å². The Kier molecular flexibility index (Phi) is 6.90. The maximum Gasteiger partial charge on any atom is 0.290 e. The van der Waals surface area contributed by atoms with E-state index in [1.807, 2.05) is 0 Å². The molecule has 0 aliphatic carbocycles. The second kappa shape index (κ2) is 9.38. The van der Waals surface area contributed by atoms with Crippen molar-refractivity contribution in [3.05, 3.63) is 59.3 Å². The third kappa shape index (κ3) is 5.45. The third-order valence-electron chi connectivity index (χ3n) is 4.53. The molecule has 150 valence electrons. The Labute approximate surface area is 164 Å². The van der Waals surface area contributed by atoms with Crippen molar-refractivity contribution >= 4 is 17.7 Å². The number of carbonyl (C=O) groups is 1. The number of hydrogen-bond acceptors (Lipinski definition) is 4. The minimum atomic E-state index is -2.65. The number of nitrogens with one attached hydrogen (secondary N) is 1. The standard InChI is InChI=1S/C19H19F4N3OS/c20-15-4-3-12(10-16(15)21)11-26-8-5-13(6-9-26)25-17(27)14-2-1-7-24-18(14)28-19(22)23/h1-4,7,10,13,19H,5-6,8-9,11H2,(H,25,27). The van der Waals surface area contributed by atoms with Gasteiger partial charge < -0.3 is 5.32 Å². The SMILES string of the molecule is O=C(NC1CCN(Cc2ccc(F)c(F)c2)CC1)c1cccnc1SC(F)F. The van der Waals surface area contributed by atoms with Gasteiger partial charge in [0.1, 0.15) is 5.03 Å². The first-order chi connectivity index (χ1) is 13.4. The topological polar surface area (TPSA) is 45.2 Å². The fraction of sp³-hybridized carbons (Fsp3) is 0.368. The predicted molar refractivity (Wildman–Crippen MR) is 98.2 cm³/mol. The molecule has 28 heavy (non-hydrogen) atoms. The summed E-state index contributed by atoms with van der Waals surface area (Å²) >= 11 is 0.248. The van der Waals surface area contributed by atoms with Gasteiger partial charge in [0.25, 0.3) is 11.7 Å². The van der Waals surface area contributed by atoms with Crippen LogP contribution in [0.2, 0.25) is 0 Å². The zero-order valence-electron chi connectivity index (χ0n) is 14.9. The van der Waals surface area contributed by atoms with E-state index in [2.05, 4.69) is 15.2 Å². The predicted octanol–water partition coefficient (Wildman–Crippen LogP) is 4.07. The molecule has 4 nitrogen and oxygen atoms in total. The fourth-order valence-corrected chi connectivity index (χ4v) is 3.71. The maximum absolute atomic E-state index is 13.3. The number of benzene rings is 1. The van der Waals surface area contributed by atoms with Crippen LogP contribution in [0.25, 0.3) is 0 Å². The first-order valence-corrected chi connectivity index (χ1v) is 9.67. The molecule has 3 rings (SSSR count). The molecular weight excluding hydrogens is 394 g/mol. The Morgan fingerprint density at radius 1 is 1.21 bits per heavy atom. The number of rotatable bonds is 6. The highest BCUT2D eigenvalue weighted by molar-refractivity contribution is 7.99. The van der Waals surface area contributed by atoms with Gasteiger partial charge in [-0.05, 0) is 54.4 Å². The summed E-state index contributed by atoms with van der Waals surface area (Å²) in [5.41, 5.74) is 0.822. The van der Waals surface area contributed by atoms with Crippen molar-refractivity contribution in [2.45, 2.75) is 36.2 Å². The number of amides is 1. The third-order valence-corrected chi connectivity index (χ3v) is 5.26. The van der Waals surface area contributed by atoms with Crippen molar-refractivity contribution in [1.29, 1.82) is 0 Å². The molecule has 1 fully saturated rings. The highest BCUT2D eigenvalue weighted by Gasteiger charge is 2.23. The molecule has 1 saturated heterocycles. The van der Waals surface area contributed by atoms with Crippen LogP contribution in [0, 0.1) is 11.6 Å². The maximum atomic E-state index is 13.3. The number of halogens is 4. The monoisotopic (exact) mass is 413 g/mol. The molecule has 9 heteroatoms. The minimum Gasteiger partial charge on any atom is -0.349 e. The lowest BCUT2D eigenvalue weighted by atomic mass is 10.0. The van der Waals surface area contributed by atoms with Crippen LogP contribution in [0.15, 0.2) is 41.6 Å². The molecular formula is C19H19F4N3OS. The molecule has 0 atom stereocenters. The summed E-state index contributed by atoms with van der Waals surface area (Å²) in [6.45, 7) is 1.85. The molecule has 1 aliphatic rings. The molecule has 0 saturated carbocycles. The number of likely N-dealkylation sites (tertiary alicyclic amines) is 1. The normalized spacial score (nSPS) is 15.8. The zero-order chi connectivity index (χ0) is 20.1. The minimum absolute atomic E-state index is 0.00534. The molecule has 0 spiro atoms. The van der Waals surface area contributed by atoms with Gasteiger partial charge in [-0.1, -0.05) is 6.07 Å². The Morgan fingerprint density at radius 2 is 1.96 bits per heavy atom. The van der Waals surface area contributed by atoms with E-state index in [1.165, 1.54) is 24.4 Å². The lowest BCUT2D eigenvalue weighted by molar-refractivity contribution is 0.0905. The number of piperidine rings is 1. The summed E-state index contributed by atoms with van der Waals surface area (Å²) in [7, 11) is 0. The van der Waals surface area contributed by atoms with Gasteiger partial charge in [0, 0.05) is 31.9 Å². The van der Waals surface area contributed by atoms with E-state index in [9.17, 15) is 22.4 Å². The van der Waals surface area contributed by atoms with Gasteiger partial charge >= 0.3 is 0 Å². The van der Waals surface area contributed by atoms with E-state index in [4.69, 9.17) is 0 Å². The van der Waals surface area contributed by atoms with E-state index in [0.29, 0.717) is 38.0 Å². The second-order valence-electron chi connectivity index (χ2n) is 6.51. The number of pyridine rings is 1. The fourth-order valence-electron chi connectivity index (χ4n) is 3.14. The van der Waals surface area contributed by atoms with Crippen molar-refractivity contribution in [2.75, 3.05) is 13.1 Å². The van der Waals surface area contributed by atoms with Crippen molar-refractivity contribution < 1.29 is 22.4 Å².